The summed E-state index contributed by atoms with van der Waals surface area (Å²) < 4.78 is 6.41. The van der Waals surface area contributed by atoms with Gasteiger partial charge in [-0.3, -0.25) is 19.1 Å². The summed E-state index contributed by atoms with van der Waals surface area (Å²) in [5.41, 5.74) is 0.263. The van der Waals surface area contributed by atoms with Crippen molar-refractivity contribution in [2.75, 3.05) is 7.11 Å². The molecule has 0 bridgehead atoms. The van der Waals surface area contributed by atoms with E-state index in [0.29, 0.717) is 16.7 Å². The van der Waals surface area contributed by atoms with Gasteiger partial charge in [-0.15, -0.1) is 0 Å². The number of rotatable bonds is 6. The van der Waals surface area contributed by atoms with Gasteiger partial charge >= 0.3 is 5.69 Å². The lowest BCUT2D eigenvalue weighted by molar-refractivity contribution is -0.121. The monoisotopic (exact) mass is 369 g/mol. The van der Waals surface area contributed by atoms with E-state index in [1.54, 1.807) is 36.4 Å². The molecule has 1 heterocycles. The highest BCUT2D eigenvalue weighted by atomic mass is 16.5. The summed E-state index contributed by atoms with van der Waals surface area (Å²) in [6.45, 7) is 0.400. The lowest BCUT2D eigenvalue weighted by atomic mass is 10.2. The van der Waals surface area contributed by atoms with Crippen LogP contribution in [0.25, 0.3) is 10.9 Å². The normalized spacial score (nSPS) is 10.7. The zero-order valence-electron chi connectivity index (χ0n) is 14.7. The van der Waals surface area contributed by atoms with Gasteiger partial charge < -0.3 is 15.2 Å². The van der Waals surface area contributed by atoms with Crippen molar-refractivity contribution in [1.29, 1.82) is 0 Å². The number of phenolic OH excluding ortho intramolecular Hbond substituents is 1. The highest BCUT2D eigenvalue weighted by Crippen LogP contribution is 2.26. The Kier molecular flexibility index (Phi) is 5.25. The maximum atomic E-state index is 12.1. The number of carbonyl (C=O) groups is 1. The highest BCUT2D eigenvalue weighted by Gasteiger charge is 2.09. The summed E-state index contributed by atoms with van der Waals surface area (Å²) in [6, 6.07) is 11.6. The number of ether oxygens (including phenoxy) is 1. The molecule has 0 aliphatic rings. The molecule has 0 aliphatic heterocycles. The molecule has 0 fully saturated rings. The quantitative estimate of drug-likeness (QED) is 0.602. The van der Waals surface area contributed by atoms with Gasteiger partial charge in [0, 0.05) is 19.5 Å². The minimum Gasteiger partial charge on any atom is -0.504 e. The number of amides is 1. The van der Waals surface area contributed by atoms with E-state index in [1.165, 1.54) is 17.7 Å². The van der Waals surface area contributed by atoms with Crippen molar-refractivity contribution in [3.8, 4) is 11.5 Å². The molecule has 140 valence electrons. The molecule has 27 heavy (non-hydrogen) atoms. The Balaban J connectivity index is 1.67. The Morgan fingerprint density at radius 3 is 2.78 bits per heavy atom. The largest absolute Gasteiger partial charge is 0.504 e. The number of aromatic nitrogens is 2. The fourth-order valence-electron chi connectivity index (χ4n) is 2.80. The van der Waals surface area contributed by atoms with Gasteiger partial charge in [-0.2, -0.15) is 0 Å². The molecule has 0 saturated heterocycles. The molecule has 1 aromatic heterocycles. The number of methoxy groups -OCH3 is 1. The standard InChI is InChI=1S/C19H19N3O5/c1-27-16-10-12(6-7-15(16)23)11-20-17(24)8-9-22-14-5-3-2-4-13(14)18(25)21-19(22)26/h2-7,10,23H,8-9,11H2,1H3,(H,20,24)(H,21,25,26). The van der Waals surface area contributed by atoms with Gasteiger partial charge in [-0.05, 0) is 29.8 Å². The molecule has 8 nitrogen and oxygen atoms in total. The van der Waals surface area contributed by atoms with Crippen molar-refractivity contribution >= 4 is 16.8 Å². The molecule has 1 amide bonds. The summed E-state index contributed by atoms with van der Waals surface area (Å²) in [6.07, 6.45) is 0.0746. The molecule has 3 rings (SSSR count). The molecule has 8 heteroatoms. The van der Waals surface area contributed by atoms with Gasteiger partial charge in [-0.25, -0.2) is 4.79 Å². The number of aromatic hydroxyl groups is 1. The van der Waals surface area contributed by atoms with Gasteiger partial charge in [0.2, 0.25) is 5.91 Å². The van der Waals surface area contributed by atoms with E-state index in [-0.39, 0.29) is 31.2 Å². The molecule has 2 aromatic carbocycles. The molecule has 3 aromatic rings. The van der Waals surface area contributed by atoms with E-state index in [2.05, 4.69) is 10.3 Å². The number of hydrogen-bond acceptors (Lipinski definition) is 5. The number of nitrogens with zero attached hydrogens (tertiary/aromatic N) is 1. The second-order valence-electron chi connectivity index (χ2n) is 5.96. The van der Waals surface area contributed by atoms with E-state index in [4.69, 9.17) is 4.74 Å². The lowest BCUT2D eigenvalue weighted by Gasteiger charge is -2.10. The number of nitrogens with one attached hydrogen (secondary N) is 2. The molecule has 0 atom stereocenters. The maximum absolute atomic E-state index is 12.1. The van der Waals surface area contributed by atoms with Crippen LogP contribution in [0.5, 0.6) is 11.5 Å². The zero-order chi connectivity index (χ0) is 19.4. The second kappa shape index (κ2) is 7.77. The fraction of sp³-hybridized carbons (Fsp3) is 0.211. The first kappa shape index (κ1) is 18.2. The molecule has 0 radical (unpaired) electrons. The van der Waals surface area contributed by atoms with Crippen LogP contribution in [0.15, 0.2) is 52.1 Å². The molecule has 0 unspecified atom stereocenters. The number of aromatic amines is 1. The Labute approximate surface area is 154 Å². The van der Waals surface area contributed by atoms with Crippen molar-refractivity contribution in [1.82, 2.24) is 14.9 Å². The minimum absolute atomic E-state index is 0.0249. The maximum Gasteiger partial charge on any atom is 0.328 e. The van der Waals surface area contributed by atoms with Gasteiger partial charge in [0.25, 0.3) is 5.56 Å². The predicted octanol–water partition coefficient (Wildman–Crippen LogP) is 1.11. The fourth-order valence-corrected chi connectivity index (χ4v) is 2.80. The van der Waals surface area contributed by atoms with Crippen LogP contribution in [0.4, 0.5) is 0 Å². The third kappa shape index (κ3) is 4.00. The van der Waals surface area contributed by atoms with Gasteiger partial charge in [0.15, 0.2) is 11.5 Å². The Bertz CT molecular complexity index is 1100. The average Bonchev–Trinajstić information content (AvgIpc) is 2.67. The Hall–Kier alpha value is -3.55. The first-order valence-electron chi connectivity index (χ1n) is 8.34. The number of fused-ring (bicyclic) bond motifs is 1. The lowest BCUT2D eigenvalue weighted by Crippen LogP contribution is -2.32. The van der Waals surface area contributed by atoms with Crippen LogP contribution in [0, 0.1) is 0 Å². The second-order valence-corrected chi connectivity index (χ2v) is 5.96. The van der Waals surface area contributed by atoms with Gasteiger partial charge in [0.05, 0.1) is 18.0 Å². The van der Waals surface area contributed by atoms with Crippen LogP contribution >= 0.6 is 0 Å². The van der Waals surface area contributed by atoms with Crippen LogP contribution in [0.1, 0.15) is 12.0 Å². The van der Waals surface area contributed by atoms with Crippen molar-refractivity contribution in [2.24, 2.45) is 0 Å². The number of hydrogen-bond donors (Lipinski definition) is 3. The minimum atomic E-state index is -0.547. The average molecular weight is 369 g/mol. The van der Waals surface area contributed by atoms with Crippen LogP contribution < -0.4 is 21.3 Å². The van der Waals surface area contributed by atoms with Crippen molar-refractivity contribution in [2.45, 2.75) is 19.5 Å². The first-order chi connectivity index (χ1) is 13.0. The number of H-pyrrole nitrogens is 1. The zero-order valence-corrected chi connectivity index (χ0v) is 14.7. The summed E-state index contributed by atoms with van der Waals surface area (Å²) >= 11 is 0. The van der Waals surface area contributed by atoms with Crippen LogP contribution in [-0.4, -0.2) is 27.7 Å². The van der Waals surface area contributed by atoms with E-state index in [0.717, 1.165) is 5.56 Å². The number of carbonyl (C=O) groups excluding carboxylic acids is 1. The van der Waals surface area contributed by atoms with Crippen molar-refractivity contribution < 1.29 is 14.6 Å². The third-order valence-electron chi connectivity index (χ3n) is 4.20. The topological polar surface area (TPSA) is 113 Å². The van der Waals surface area contributed by atoms with E-state index >= 15 is 0 Å². The molecular weight excluding hydrogens is 350 g/mol. The molecular formula is C19H19N3O5. The van der Waals surface area contributed by atoms with E-state index in [9.17, 15) is 19.5 Å². The number of aryl methyl sites for hydroxylation is 1. The van der Waals surface area contributed by atoms with Crippen molar-refractivity contribution in [3.63, 3.8) is 0 Å². The number of phenols is 1. The van der Waals surface area contributed by atoms with Gasteiger partial charge in [0.1, 0.15) is 0 Å². The molecule has 3 N–H and O–H groups in total. The Morgan fingerprint density at radius 2 is 2.00 bits per heavy atom. The summed E-state index contributed by atoms with van der Waals surface area (Å²) in [7, 11) is 1.45. The van der Waals surface area contributed by atoms with Crippen LogP contribution in [0.2, 0.25) is 0 Å². The summed E-state index contributed by atoms with van der Waals surface area (Å²) in [5.74, 6) is 0.106. The molecule has 0 saturated carbocycles. The highest BCUT2D eigenvalue weighted by molar-refractivity contribution is 5.78. The van der Waals surface area contributed by atoms with Crippen molar-refractivity contribution in [3.05, 3.63) is 68.9 Å². The predicted molar refractivity (Wildman–Crippen MR) is 100.0 cm³/mol. The third-order valence-corrected chi connectivity index (χ3v) is 4.20. The number of para-hydroxylation sites is 1. The summed E-state index contributed by atoms with van der Waals surface area (Å²) in [4.78, 5) is 38.3. The summed E-state index contributed by atoms with van der Waals surface area (Å²) in [5, 5.41) is 12.7. The SMILES string of the molecule is COc1cc(CNC(=O)CCn2c(=O)[nH]c(=O)c3ccccc32)ccc1O. The van der Waals surface area contributed by atoms with Gasteiger partial charge in [-0.1, -0.05) is 18.2 Å². The van der Waals surface area contributed by atoms with E-state index in [1.807, 2.05) is 0 Å². The van der Waals surface area contributed by atoms with E-state index < -0.39 is 11.2 Å². The molecule has 0 aliphatic carbocycles. The Morgan fingerprint density at radius 1 is 1.22 bits per heavy atom. The molecule has 0 spiro atoms. The number of benzene rings is 2. The first-order valence-corrected chi connectivity index (χ1v) is 8.34. The van der Waals surface area contributed by atoms with Crippen LogP contribution in [-0.2, 0) is 17.9 Å². The smallest absolute Gasteiger partial charge is 0.328 e. The van der Waals surface area contributed by atoms with Crippen LogP contribution in [0.3, 0.4) is 0 Å².